The van der Waals surface area contributed by atoms with Crippen LogP contribution in [0.4, 0.5) is 0 Å². The van der Waals surface area contributed by atoms with Crippen molar-refractivity contribution >= 4 is 5.97 Å². The van der Waals surface area contributed by atoms with E-state index >= 15 is 0 Å². The van der Waals surface area contributed by atoms with Crippen LogP contribution < -0.4 is 0 Å². The van der Waals surface area contributed by atoms with Gasteiger partial charge < -0.3 is 9.30 Å². The number of esters is 1. The molecular formula is C16H21N3O2. The number of carbonyl (C=O) groups is 1. The highest BCUT2D eigenvalue weighted by molar-refractivity contribution is 5.92. The lowest BCUT2D eigenvalue weighted by Crippen LogP contribution is -2.14. The molecule has 0 radical (unpaired) electrons. The first kappa shape index (κ1) is 13.9. The Morgan fingerprint density at radius 2 is 2.00 bits per heavy atom. The Hall–Kier alpha value is -2.04. The van der Waals surface area contributed by atoms with Crippen LogP contribution in [0.3, 0.4) is 0 Å². The molecule has 0 aromatic carbocycles. The van der Waals surface area contributed by atoms with Gasteiger partial charge in [0.1, 0.15) is 11.4 Å². The first-order chi connectivity index (χ1) is 9.99. The molecule has 2 heterocycles. The third-order valence-corrected chi connectivity index (χ3v) is 4.31. The molecular weight excluding hydrogens is 266 g/mol. The third-order valence-electron chi connectivity index (χ3n) is 4.31. The molecule has 1 saturated carbocycles. The molecule has 2 atom stereocenters. The fourth-order valence-electron chi connectivity index (χ4n) is 2.73. The molecule has 5 heteroatoms. The number of carbonyl (C=O) groups excluding carboxylic acids is 1. The van der Waals surface area contributed by atoms with Crippen molar-refractivity contribution in [2.45, 2.75) is 27.2 Å². The van der Waals surface area contributed by atoms with Crippen LogP contribution in [0.15, 0.2) is 18.3 Å². The number of aryl methyl sites for hydroxylation is 3. The second-order valence-electron chi connectivity index (χ2n) is 6.03. The minimum Gasteiger partial charge on any atom is -0.462 e. The monoisotopic (exact) mass is 287 g/mol. The normalized spacial score (nSPS) is 20.6. The van der Waals surface area contributed by atoms with Crippen molar-refractivity contribution in [1.82, 2.24) is 14.3 Å². The molecule has 1 aliphatic rings. The van der Waals surface area contributed by atoms with E-state index < -0.39 is 0 Å². The van der Waals surface area contributed by atoms with Gasteiger partial charge in [0.15, 0.2) is 0 Å². The van der Waals surface area contributed by atoms with Gasteiger partial charge in [0.25, 0.3) is 0 Å². The lowest BCUT2D eigenvalue weighted by Gasteiger charge is -2.12. The van der Waals surface area contributed by atoms with Crippen molar-refractivity contribution in [3.8, 4) is 5.82 Å². The van der Waals surface area contributed by atoms with Crippen molar-refractivity contribution in [3.63, 3.8) is 0 Å². The third kappa shape index (κ3) is 2.48. The zero-order chi connectivity index (χ0) is 15.1. The van der Waals surface area contributed by atoms with Gasteiger partial charge in [-0.15, -0.1) is 0 Å². The van der Waals surface area contributed by atoms with E-state index in [0.29, 0.717) is 24.0 Å². The van der Waals surface area contributed by atoms with Crippen molar-refractivity contribution in [1.29, 1.82) is 0 Å². The van der Waals surface area contributed by atoms with E-state index in [1.807, 2.05) is 37.6 Å². The Kier molecular flexibility index (Phi) is 3.35. The van der Waals surface area contributed by atoms with Gasteiger partial charge in [0, 0.05) is 18.4 Å². The minimum absolute atomic E-state index is 0.287. The van der Waals surface area contributed by atoms with Gasteiger partial charge in [-0.2, -0.15) is 5.10 Å². The Labute approximate surface area is 124 Å². The number of hydrogen-bond donors (Lipinski definition) is 0. The fraction of sp³-hybridized carbons (Fsp3) is 0.500. The van der Waals surface area contributed by atoms with Crippen LogP contribution >= 0.6 is 0 Å². The zero-order valence-electron chi connectivity index (χ0n) is 13.0. The summed E-state index contributed by atoms with van der Waals surface area (Å²) >= 11 is 0. The first-order valence-corrected chi connectivity index (χ1v) is 7.33. The van der Waals surface area contributed by atoms with Crippen LogP contribution in [-0.2, 0) is 11.8 Å². The summed E-state index contributed by atoms with van der Waals surface area (Å²) in [5.41, 5.74) is 2.66. The minimum atomic E-state index is -0.287. The van der Waals surface area contributed by atoms with Crippen molar-refractivity contribution in [2.24, 2.45) is 18.9 Å². The molecule has 5 nitrogen and oxygen atoms in total. The highest BCUT2D eigenvalue weighted by atomic mass is 16.5. The second kappa shape index (κ2) is 5.06. The lowest BCUT2D eigenvalue weighted by molar-refractivity contribution is 0.0481. The number of rotatable bonds is 4. The van der Waals surface area contributed by atoms with E-state index in [1.54, 1.807) is 10.9 Å². The maximum atomic E-state index is 12.3. The quantitative estimate of drug-likeness (QED) is 0.812. The molecule has 3 rings (SSSR count). The van der Waals surface area contributed by atoms with E-state index in [9.17, 15) is 4.79 Å². The molecule has 112 valence electrons. The Balaban J connectivity index is 1.88. The Morgan fingerprint density at radius 1 is 1.38 bits per heavy atom. The molecule has 0 aliphatic heterocycles. The maximum absolute atomic E-state index is 12.3. The fourth-order valence-corrected chi connectivity index (χ4v) is 2.73. The van der Waals surface area contributed by atoms with E-state index in [0.717, 1.165) is 23.6 Å². The van der Waals surface area contributed by atoms with Crippen molar-refractivity contribution in [3.05, 3.63) is 35.3 Å². The summed E-state index contributed by atoms with van der Waals surface area (Å²) in [7, 11) is 1.84. The van der Waals surface area contributed by atoms with Gasteiger partial charge in [-0.3, -0.25) is 4.68 Å². The molecule has 2 aromatic rings. The van der Waals surface area contributed by atoms with Gasteiger partial charge >= 0.3 is 5.97 Å². The molecule has 1 aliphatic carbocycles. The summed E-state index contributed by atoms with van der Waals surface area (Å²) in [6.07, 6.45) is 2.75. The summed E-state index contributed by atoms with van der Waals surface area (Å²) in [5, 5.41) is 4.23. The Morgan fingerprint density at radius 3 is 2.57 bits per heavy atom. The molecule has 0 amide bonds. The van der Waals surface area contributed by atoms with Crippen LogP contribution in [0, 0.1) is 25.7 Å². The average Bonchev–Trinajstić information content (AvgIpc) is 2.88. The standard InChI is InChI=1S/C16H21N3O2/c1-10-7-13(10)9-21-16(20)14-8-17-18(4)15(14)19-11(2)5-6-12(19)3/h5-6,8,10,13H,7,9H2,1-4H3. The van der Waals surface area contributed by atoms with Gasteiger partial charge in [0.2, 0.25) is 0 Å². The van der Waals surface area contributed by atoms with Crippen LogP contribution in [-0.4, -0.2) is 26.9 Å². The molecule has 0 bridgehead atoms. The summed E-state index contributed by atoms with van der Waals surface area (Å²) in [6.45, 7) is 6.72. The van der Waals surface area contributed by atoms with Crippen LogP contribution in [0.2, 0.25) is 0 Å². The summed E-state index contributed by atoms with van der Waals surface area (Å²) in [6, 6.07) is 4.06. The lowest BCUT2D eigenvalue weighted by atomic mass is 10.3. The van der Waals surface area contributed by atoms with Crippen LogP contribution in [0.1, 0.15) is 35.1 Å². The van der Waals surface area contributed by atoms with Crippen molar-refractivity contribution < 1.29 is 9.53 Å². The van der Waals surface area contributed by atoms with Gasteiger partial charge in [-0.25, -0.2) is 4.79 Å². The smallest absolute Gasteiger partial charge is 0.343 e. The maximum Gasteiger partial charge on any atom is 0.343 e. The van der Waals surface area contributed by atoms with Crippen LogP contribution in [0.25, 0.3) is 5.82 Å². The predicted molar refractivity (Wildman–Crippen MR) is 79.6 cm³/mol. The highest BCUT2D eigenvalue weighted by Gasteiger charge is 2.34. The summed E-state index contributed by atoms with van der Waals surface area (Å²) in [5.74, 6) is 1.69. The molecule has 2 aromatic heterocycles. The number of ether oxygens (including phenoxy) is 1. The molecule has 2 unspecified atom stereocenters. The molecule has 0 saturated heterocycles. The highest BCUT2D eigenvalue weighted by Crippen LogP contribution is 2.37. The molecule has 0 spiro atoms. The SMILES string of the molecule is Cc1ccc(C)n1-c1c(C(=O)OCC2CC2C)cnn1C. The molecule has 21 heavy (non-hydrogen) atoms. The van der Waals surface area contributed by atoms with E-state index in [4.69, 9.17) is 4.74 Å². The predicted octanol–water partition coefficient (Wildman–Crippen LogP) is 2.64. The molecule has 0 N–H and O–H groups in total. The van der Waals surface area contributed by atoms with E-state index in [2.05, 4.69) is 12.0 Å². The summed E-state index contributed by atoms with van der Waals surface area (Å²) in [4.78, 5) is 12.3. The topological polar surface area (TPSA) is 49.1 Å². The van der Waals surface area contributed by atoms with Gasteiger partial charge in [0.05, 0.1) is 12.8 Å². The summed E-state index contributed by atoms with van der Waals surface area (Å²) < 4.78 is 9.20. The first-order valence-electron chi connectivity index (χ1n) is 7.33. The number of nitrogens with zero attached hydrogens (tertiary/aromatic N) is 3. The van der Waals surface area contributed by atoms with Crippen LogP contribution in [0.5, 0.6) is 0 Å². The Bertz CT molecular complexity index is 664. The largest absolute Gasteiger partial charge is 0.462 e. The average molecular weight is 287 g/mol. The second-order valence-corrected chi connectivity index (χ2v) is 6.03. The zero-order valence-corrected chi connectivity index (χ0v) is 13.0. The molecule has 1 fully saturated rings. The van der Waals surface area contributed by atoms with E-state index in [1.165, 1.54) is 0 Å². The van der Waals surface area contributed by atoms with Gasteiger partial charge in [-0.1, -0.05) is 6.92 Å². The van der Waals surface area contributed by atoms with Gasteiger partial charge in [-0.05, 0) is 44.2 Å². The van der Waals surface area contributed by atoms with Crippen molar-refractivity contribution in [2.75, 3.05) is 6.61 Å². The van der Waals surface area contributed by atoms with E-state index in [-0.39, 0.29) is 5.97 Å². The number of hydrogen-bond acceptors (Lipinski definition) is 3. The number of aromatic nitrogens is 3.